The van der Waals surface area contributed by atoms with E-state index in [1.807, 2.05) is 11.7 Å². The van der Waals surface area contributed by atoms with Crippen LogP contribution >= 0.6 is 11.6 Å². The minimum atomic E-state index is 0.730. The number of aromatic nitrogens is 2. The van der Waals surface area contributed by atoms with E-state index in [9.17, 15) is 0 Å². The molecule has 21 heavy (non-hydrogen) atoms. The van der Waals surface area contributed by atoms with Crippen molar-refractivity contribution in [1.29, 1.82) is 0 Å². The highest BCUT2D eigenvalue weighted by Gasteiger charge is 2.31. The van der Waals surface area contributed by atoms with Crippen LogP contribution in [0.15, 0.2) is 0 Å². The van der Waals surface area contributed by atoms with Crippen LogP contribution in [0.2, 0.25) is 5.02 Å². The van der Waals surface area contributed by atoms with Gasteiger partial charge in [0.05, 0.1) is 16.4 Å². The minimum Gasteiger partial charge on any atom is -0.319 e. The lowest BCUT2D eigenvalue weighted by Crippen LogP contribution is -2.33. The summed E-state index contributed by atoms with van der Waals surface area (Å²) in [5.74, 6) is 2.39. The van der Waals surface area contributed by atoms with Gasteiger partial charge in [0.25, 0.3) is 0 Å². The minimum absolute atomic E-state index is 0.730. The molecule has 4 heteroatoms. The van der Waals surface area contributed by atoms with Crippen LogP contribution in [0.1, 0.15) is 50.9 Å². The second-order valence-corrected chi connectivity index (χ2v) is 6.93. The Morgan fingerprint density at radius 3 is 2.62 bits per heavy atom. The van der Waals surface area contributed by atoms with Crippen molar-refractivity contribution < 1.29 is 0 Å². The van der Waals surface area contributed by atoms with E-state index in [0.29, 0.717) is 0 Å². The van der Waals surface area contributed by atoms with E-state index in [1.165, 1.54) is 31.4 Å². The van der Waals surface area contributed by atoms with E-state index < -0.39 is 0 Å². The maximum absolute atomic E-state index is 6.55. The molecule has 0 saturated heterocycles. The van der Waals surface area contributed by atoms with Gasteiger partial charge in [-0.1, -0.05) is 38.3 Å². The van der Waals surface area contributed by atoms with Crippen molar-refractivity contribution in [2.45, 2.75) is 52.4 Å². The molecule has 0 aromatic carbocycles. The SMILES string of the molecule is CCc1nn(C)c(CC2CC(CC)CCC2CNC)c1Cl. The van der Waals surface area contributed by atoms with Gasteiger partial charge in [-0.15, -0.1) is 0 Å². The molecule has 1 aliphatic carbocycles. The van der Waals surface area contributed by atoms with Crippen molar-refractivity contribution in [3.63, 3.8) is 0 Å². The molecule has 2 rings (SSSR count). The molecule has 1 aromatic rings. The van der Waals surface area contributed by atoms with Gasteiger partial charge in [0.2, 0.25) is 0 Å². The summed E-state index contributed by atoms with van der Waals surface area (Å²) in [4.78, 5) is 0. The molecule has 1 heterocycles. The van der Waals surface area contributed by atoms with E-state index >= 15 is 0 Å². The van der Waals surface area contributed by atoms with Crippen LogP contribution < -0.4 is 5.32 Å². The van der Waals surface area contributed by atoms with Crippen LogP contribution in [0.3, 0.4) is 0 Å². The van der Waals surface area contributed by atoms with Gasteiger partial charge < -0.3 is 5.32 Å². The Kier molecular flexibility index (Phi) is 6.12. The van der Waals surface area contributed by atoms with Gasteiger partial charge in [0.1, 0.15) is 0 Å². The molecule has 3 nitrogen and oxygen atoms in total. The topological polar surface area (TPSA) is 29.9 Å². The van der Waals surface area contributed by atoms with Gasteiger partial charge in [-0.25, -0.2) is 0 Å². The van der Waals surface area contributed by atoms with Crippen LogP contribution in [0.5, 0.6) is 0 Å². The third kappa shape index (κ3) is 3.81. The fourth-order valence-corrected chi connectivity index (χ4v) is 4.24. The van der Waals surface area contributed by atoms with Gasteiger partial charge in [-0.3, -0.25) is 4.68 Å². The fraction of sp³-hybridized carbons (Fsp3) is 0.824. The summed E-state index contributed by atoms with van der Waals surface area (Å²) in [6.45, 7) is 5.57. The molecule has 3 atom stereocenters. The molecule has 1 aromatic heterocycles. The van der Waals surface area contributed by atoms with Crippen LogP contribution in [0.4, 0.5) is 0 Å². The van der Waals surface area contributed by atoms with E-state index in [4.69, 9.17) is 11.6 Å². The van der Waals surface area contributed by atoms with E-state index in [2.05, 4.69) is 31.3 Å². The van der Waals surface area contributed by atoms with Crippen molar-refractivity contribution in [3.8, 4) is 0 Å². The Labute approximate surface area is 134 Å². The molecular weight excluding hydrogens is 282 g/mol. The zero-order valence-electron chi connectivity index (χ0n) is 14.0. The van der Waals surface area contributed by atoms with Crippen molar-refractivity contribution in [2.75, 3.05) is 13.6 Å². The predicted molar refractivity (Wildman–Crippen MR) is 89.8 cm³/mol. The van der Waals surface area contributed by atoms with Gasteiger partial charge in [0, 0.05) is 7.05 Å². The molecule has 0 bridgehead atoms. The second-order valence-electron chi connectivity index (χ2n) is 6.55. The Balaban J connectivity index is 2.15. The lowest BCUT2D eigenvalue weighted by atomic mass is 9.71. The largest absolute Gasteiger partial charge is 0.319 e. The zero-order valence-corrected chi connectivity index (χ0v) is 14.7. The summed E-state index contributed by atoms with van der Waals surface area (Å²) in [6, 6.07) is 0. The third-order valence-electron chi connectivity index (χ3n) is 5.25. The number of nitrogens with zero attached hydrogens (tertiary/aromatic N) is 2. The molecule has 120 valence electrons. The number of aryl methyl sites for hydroxylation is 2. The normalized spacial score (nSPS) is 26.2. The molecule has 3 unspecified atom stereocenters. The monoisotopic (exact) mass is 311 g/mol. The van der Waals surface area contributed by atoms with Crippen LogP contribution in [-0.4, -0.2) is 23.4 Å². The predicted octanol–water partition coefficient (Wildman–Crippen LogP) is 3.84. The molecule has 1 aliphatic rings. The second kappa shape index (κ2) is 7.64. The highest BCUT2D eigenvalue weighted by atomic mass is 35.5. The third-order valence-corrected chi connectivity index (χ3v) is 5.69. The van der Waals surface area contributed by atoms with E-state index in [-0.39, 0.29) is 0 Å². The molecule has 0 aliphatic heterocycles. The maximum Gasteiger partial charge on any atom is 0.0849 e. The molecule has 1 fully saturated rings. The Morgan fingerprint density at radius 2 is 2.05 bits per heavy atom. The van der Waals surface area contributed by atoms with Gasteiger partial charge in [0.15, 0.2) is 0 Å². The highest BCUT2D eigenvalue weighted by molar-refractivity contribution is 6.31. The van der Waals surface area contributed by atoms with Gasteiger partial charge in [-0.05, 0) is 57.0 Å². The van der Waals surface area contributed by atoms with Crippen molar-refractivity contribution in [3.05, 3.63) is 16.4 Å². The summed E-state index contributed by atoms with van der Waals surface area (Å²) in [5.41, 5.74) is 2.28. The Bertz CT molecular complexity index is 455. The summed E-state index contributed by atoms with van der Waals surface area (Å²) in [7, 11) is 4.10. The molecular formula is C17H30ClN3. The van der Waals surface area contributed by atoms with Crippen molar-refractivity contribution >= 4 is 11.6 Å². The Hall–Kier alpha value is -0.540. The van der Waals surface area contributed by atoms with Crippen molar-refractivity contribution in [1.82, 2.24) is 15.1 Å². The summed E-state index contributed by atoms with van der Waals surface area (Å²) in [6.07, 6.45) is 7.37. The molecule has 0 spiro atoms. The fourth-order valence-electron chi connectivity index (χ4n) is 3.87. The lowest BCUT2D eigenvalue weighted by Gasteiger charge is -2.36. The summed E-state index contributed by atoms with van der Waals surface area (Å²) < 4.78 is 2.01. The highest BCUT2D eigenvalue weighted by Crippen LogP contribution is 2.38. The maximum atomic E-state index is 6.55. The zero-order chi connectivity index (χ0) is 15.4. The first-order valence-corrected chi connectivity index (χ1v) is 8.83. The smallest absolute Gasteiger partial charge is 0.0849 e. The van der Waals surface area contributed by atoms with Crippen LogP contribution in [0, 0.1) is 17.8 Å². The molecule has 1 N–H and O–H groups in total. The number of nitrogens with one attached hydrogen (secondary N) is 1. The molecule has 0 radical (unpaired) electrons. The first-order valence-electron chi connectivity index (χ1n) is 8.45. The standard InChI is InChI=1S/C17H30ClN3/c1-5-12-7-8-13(11-19-3)14(9-12)10-16-17(18)15(6-2)20-21(16)4/h12-14,19H,5-11H2,1-4H3. The first kappa shape index (κ1) is 16.8. The number of hydrogen-bond acceptors (Lipinski definition) is 2. The summed E-state index contributed by atoms with van der Waals surface area (Å²) in [5, 5.41) is 8.85. The van der Waals surface area contributed by atoms with Crippen molar-refractivity contribution in [2.24, 2.45) is 24.8 Å². The molecule has 0 amide bonds. The van der Waals surface area contributed by atoms with Gasteiger partial charge in [-0.2, -0.15) is 5.10 Å². The quantitative estimate of drug-likeness (QED) is 0.865. The summed E-state index contributed by atoms with van der Waals surface area (Å²) >= 11 is 6.55. The number of halogens is 1. The van der Waals surface area contributed by atoms with E-state index in [1.54, 1.807) is 0 Å². The van der Waals surface area contributed by atoms with Crippen LogP contribution in [-0.2, 0) is 19.9 Å². The average molecular weight is 312 g/mol. The average Bonchev–Trinajstić information content (AvgIpc) is 2.76. The first-order chi connectivity index (χ1) is 10.1. The number of hydrogen-bond donors (Lipinski definition) is 1. The Morgan fingerprint density at radius 1 is 1.29 bits per heavy atom. The van der Waals surface area contributed by atoms with Gasteiger partial charge >= 0.3 is 0 Å². The lowest BCUT2D eigenvalue weighted by molar-refractivity contribution is 0.171. The van der Waals surface area contributed by atoms with Crippen LogP contribution in [0.25, 0.3) is 0 Å². The molecule has 1 saturated carbocycles. The number of rotatable bonds is 6. The van der Waals surface area contributed by atoms with E-state index in [0.717, 1.165) is 47.9 Å².